The van der Waals surface area contributed by atoms with Crippen LogP contribution in [0.1, 0.15) is 21.5 Å². The van der Waals surface area contributed by atoms with Crippen molar-refractivity contribution in [1.29, 1.82) is 0 Å². The second-order valence-corrected chi connectivity index (χ2v) is 7.00. The standard InChI is InChI=1S/C21H24F3N3O/c1-16-3-2-4-19(15-16)27-13-11-26(12-14-27)10-9-25-20(28)17-5-7-18(8-6-17)21(22,23)24/h2-8,15H,9-14H2,1H3,(H,25,28). The van der Waals surface area contributed by atoms with Crippen molar-refractivity contribution in [3.05, 3.63) is 65.2 Å². The number of carbonyl (C=O) groups excluding carboxylic acids is 1. The summed E-state index contributed by atoms with van der Waals surface area (Å²) >= 11 is 0. The van der Waals surface area contributed by atoms with Crippen LogP contribution >= 0.6 is 0 Å². The van der Waals surface area contributed by atoms with Crippen LogP contribution in [-0.2, 0) is 6.18 Å². The van der Waals surface area contributed by atoms with Gasteiger partial charge < -0.3 is 10.2 Å². The third-order valence-electron chi connectivity index (χ3n) is 4.93. The summed E-state index contributed by atoms with van der Waals surface area (Å²) in [6, 6.07) is 12.7. The Balaban J connectivity index is 1.41. The molecule has 28 heavy (non-hydrogen) atoms. The number of piperazine rings is 1. The van der Waals surface area contributed by atoms with E-state index in [0.29, 0.717) is 13.1 Å². The summed E-state index contributed by atoms with van der Waals surface area (Å²) in [5, 5.41) is 2.78. The molecule has 1 aliphatic heterocycles. The van der Waals surface area contributed by atoms with Gasteiger partial charge in [-0.15, -0.1) is 0 Å². The highest BCUT2D eigenvalue weighted by atomic mass is 19.4. The van der Waals surface area contributed by atoms with Crippen molar-refractivity contribution in [1.82, 2.24) is 10.2 Å². The molecule has 1 saturated heterocycles. The van der Waals surface area contributed by atoms with Crippen molar-refractivity contribution in [3.8, 4) is 0 Å². The molecular weight excluding hydrogens is 367 g/mol. The summed E-state index contributed by atoms with van der Waals surface area (Å²) in [6.45, 7) is 6.93. The molecular formula is C21H24F3N3O. The Labute approximate surface area is 162 Å². The number of aryl methyl sites for hydroxylation is 1. The molecule has 150 valence electrons. The van der Waals surface area contributed by atoms with Gasteiger partial charge in [0.2, 0.25) is 0 Å². The summed E-state index contributed by atoms with van der Waals surface area (Å²) in [5.74, 6) is -0.355. The number of nitrogens with one attached hydrogen (secondary N) is 1. The largest absolute Gasteiger partial charge is 0.416 e. The van der Waals surface area contributed by atoms with E-state index in [0.717, 1.165) is 38.3 Å². The van der Waals surface area contributed by atoms with Gasteiger partial charge in [0.1, 0.15) is 0 Å². The number of carbonyl (C=O) groups is 1. The lowest BCUT2D eigenvalue weighted by Crippen LogP contribution is -2.48. The minimum atomic E-state index is -4.39. The first kappa shape index (κ1) is 20.2. The van der Waals surface area contributed by atoms with Crippen LogP contribution in [0.25, 0.3) is 0 Å². The zero-order valence-corrected chi connectivity index (χ0v) is 15.8. The SMILES string of the molecule is Cc1cccc(N2CCN(CCNC(=O)c3ccc(C(F)(F)F)cc3)CC2)c1. The van der Waals surface area contributed by atoms with Gasteiger partial charge in [-0.3, -0.25) is 9.69 Å². The zero-order valence-electron chi connectivity index (χ0n) is 15.8. The van der Waals surface area contributed by atoms with E-state index in [9.17, 15) is 18.0 Å². The number of benzene rings is 2. The van der Waals surface area contributed by atoms with Crippen LogP contribution in [0.2, 0.25) is 0 Å². The zero-order chi connectivity index (χ0) is 20.1. The average molecular weight is 391 g/mol. The van der Waals surface area contributed by atoms with Gasteiger partial charge in [-0.2, -0.15) is 13.2 Å². The fourth-order valence-corrected chi connectivity index (χ4v) is 3.29. The Kier molecular flexibility index (Phi) is 6.24. The highest BCUT2D eigenvalue weighted by Crippen LogP contribution is 2.29. The highest BCUT2D eigenvalue weighted by molar-refractivity contribution is 5.94. The lowest BCUT2D eigenvalue weighted by molar-refractivity contribution is -0.137. The van der Waals surface area contributed by atoms with Gasteiger partial charge in [0.25, 0.3) is 5.91 Å². The maximum Gasteiger partial charge on any atom is 0.416 e. The first-order chi connectivity index (χ1) is 13.3. The molecule has 3 rings (SSSR count). The number of nitrogens with zero attached hydrogens (tertiary/aromatic N) is 2. The number of halogens is 3. The second kappa shape index (κ2) is 8.65. The number of hydrogen-bond donors (Lipinski definition) is 1. The maximum atomic E-state index is 12.6. The molecule has 1 heterocycles. The van der Waals surface area contributed by atoms with Gasteiger partial charge in [-0.25, -0.2) is 0 Å². The monoisotopic (exact) mass is 391 g/mol. The van der Waals surface area contributed by atoms with Crippen LogP contribution in [-0.4, -0.2) is 50.1 Å². The molecule has 0 aliphatic carbocycles. The van der Waals surface area contributed by atoms with Gasteiger partial charge in [0.15, 0.2) is 0 Å². The lowest BCUT2D eigenvalue weighted by Gasteiger charge is -2.36. The first-order valence-electron chi connectivity index (χ1n) is 9.32. The number of alkyl halides is 3. The molecule has 1 N–H and O–H groups in total. The molecule has 2 aromatic rings. The van der Waals surface area contributed by atoms with E-state index in [4.69, 9.17) is 0 Å². The van der Waals surface area contributed by atoms with Crippen molar-refractivity contribution >= 4 is 11.6 Å². The topological polar surface area (TPSA) is 35.6 Å². The Hall–Kier alpha value is -2.54. The third-order valence-corrected chi connectivity index (χ3v) is 4.93. The fraction of sp³-hybridized carbons (Fsp3) is 0.381. The predicted octanol–water partition coefficient (Wildman–Crippen LogP) is 3.57. The molecule has 1 aliphatic rings. The molecule has 0 bridgehead atoms. The van der Waals surface area contributed by atoms with Crippen LogP contribution in [0.15, 0.2) is 48.5 Å². The number of rotatable bonds is 5. The highest BCUT2D eigenvalue weighted by Gasteiger charge is 2.30. The van der Waals surface area contributed by atoms with Crippen LogP contribution in [0, 0.1) is 6.92 Å². The molecule has 0 unspecified atom stereocenters. The molecule has 1 amide bonds. The minimum Gasteiger partial charge on any atom is -0.369 e. The summed E-state index contributed by atoms with van der Waals surface area (Å²) in [4.78, 5) is 16.7. The van der Waals surface area contributed by atoms with Gasteiger partial charge in [-0.05, 0) is 48.9 Å². The van der Waals surface area contributed by atoms with Crippen LogP contribution in [0.5, 0.6) is 0 Å². The Morgan fingerprint density at radius 2 is 1.71 bits per heavy atom. The van der Waals surface area contributed by atoms with E-state index in [1.54, 1.807) is 0 Å². The van der Waals surface area contributed by atoms with E-state index in [2.05, 4.69) is 46.3 Å². The normalized spacial score (nSPS) is 15.5. The minimum absolute atomic E-state index is 0.234. The van der Waals surface area contributed by atoms with Crippen molar-refractivity contribution < 1.29 is 18.0 Å². The number of amides is 1. The van der Waals surface area contributed by atoms with Crippen LogP contribution < -0.4 is 10.2 Å². The van der Waals surface area contributed by atoms with E-state index in [1.165, 1.54) is 23.4 Å². The van der Waals surface area contributed by atoms with Crippen LogP contribution in [0.3, 0.4) is 0 Å². The first-order valence-corrected chi connectivity index (χ1v) is 9.32. The molecule has 0 aromatic heterocycles. The molecule has 0 atom stereocenters. The van der Waals surface area contributed by atoms with Crippen LogP contribution in [0.4, 0.5) is 18.9 Å². The van der Waals surface area contributed by atoms with E-state index < -0.39 is 11.7 Å². The smallest absolute Gasteiger partial charge is 0.369 e. The quantitative estimate of drug-likeness (QED) is 0.847. The maximum absolute atomic E-state index is 12.6. The summed E-state index contributed by atoms with van der Waals surface area (Å²) in [7, 11) is 0. The Bertz CT molecular complexity index is 797. The number of anilines is 1. The van der Waals surface area contributed by atoms with Crippen molar-refractivity contribution in [2.75, 3.05) is 44.2 Å². The van der Waals surface area contributed by atoms with E-state index in [-0.39, 0.29) is 11.5 Å². The molecule has 4 nitrogen and oxygen atoms in total. The molecule has 2 aromatic carbocycles. The van der Waals surface area contributed by atoms with Gasteiger partial charge in [-0.1, -0.05) is 12.1 Å². The van der Waals surface area contributed by atoms with Gasteiger partial charge >= 0.3 is 6.18 Å². The van der Waals surface area contributed by atoms with Gasteiger partial charge in [0, 0.05) is 50.5 Å². The molecule has 0 saturated carbocycles. The average Bonchev–Trinajstić information content (AvgIpc) is 2.68. The predicted molar refractivity (Wildman–Crippen MR) is 104 cm³/mol. The Morgan fingerprint density at radius 1 is 1.04 bits per heavy atom. The van der Waals surface area contributed by atoms with Gasteiger partial charge in [0.05, 0.1) is 5.56 Å². The fourth-order valence-electron chi connectivity index (χ4n) is 3.29. The molecule has 7 heteroatoms. The van der Waals surface area contributed by atoms with Crippen molar-refractivity contribution in [2.24, 2.45) is 0 Å². The van der Waals surface area contributed by atoms with E-state index >= 15 is 0 Å². The molecule has 0 radical (unpaired) electrons. The summed E-state index contributed by atoms with van der Waals surface area (Å²) in [6.07, 6.45) is -4.39. The van der Waals surface area contributed by atoms with Crippen molar-refractivity contribution in [3.63, 3.8) is 0 Å². The summed E-state index contributed by atoms with van der Waals surface area (Å²) in [5.41, 5.74) is 1.95. The lowest BCUT2D eigenvalue weighted by atomic mass is 10.1. The Morgan fingerprint density at radius 3 is 2.32 bits per heavy atom. The number of hydrogen-bond acceptors (Lipinski definition) is 3. The van der Waals surface area contributed by atoms with E-state index in [1.807, 2.05) is 0 Å². The van der Waals surface area contributed by atoms with Crippen molar-refractivity contribution in [2.45, 2.75) is 13.1 Å². The molecule has 0 spiro atoms. The molecule has 1 fully saturated rings. The third kappa shape index (κ3) is 5.25. The second-order valence-electron chi connectivity index (χ2n) is 7.00. The summed E-state index contributed by atoms with van der Waals surface area (Å²) < 4.78 is 37.7.